The average Bonchev–Trinajstić information content (AvgIpc) is 2.67. The monoisotopic (exact) mass is 389 g/mol. The number of benzene rings is 2. The molecule has 3 N–H and O–H groups in total. The molecule has 29 heavy (non-hydrogen) atoms. The summed E-state index contributed by atoms with van der Waals surface area (Å²) in [5.74, 6) is 0.502. The molecule has 7 nitrogen and oxygen atoms in total. The minimum Gasteiger partial charge on any atom is -0.340 e. The van der Waals surface area contributed by atoms with E-state index in [4.69, 9.17) is 0 Å². The summed E-state index contributed by atoms with van der Waals surface area (Å²) in [7, 11) is 0. The maximum atomic E-state index is 12.7. The molecule has 0 saturated carbocycles. The molecule has 0 aliphatic carbocycles. The largest absolute Gasteiger partial charge is 0.340 e. The molecule has 148 valence electrons. The minimum absolute atomic E-state index is 0.178. The van der Waals surface area contributed by atoms with Gasteiger partial charge in [-0.1, -0.05) is 31.2 Å². The van der Waals surface area contributed by atoms with E-state index < -0.39 is 0 Å². The molecule has 0 radical (unpaired) electrons. The number of para-hydroxylation sites is 1. The van der Waals surface area contributed by atoms with Gasteiger partial charge >= 0.3 is 0 Å². The number of nitrogens with zero attached hydrogens (tertiary/aromatic N) is 2. The maximum Gasteiger partial charge on any atom is 0.274 e. The fourth-order valence-electron chi connectivity index (χ4n) is 2.91. The molecule has 2 aromatic carbocycles. The van der Waals surface area contributed by atoms with Crippen LogP contribution in [-0.2, 0) is 11.2 Å². The van der Waals surface area contributed by atoms with Crippen LogP contribution in [-0.4, -0.2) is 21.8 Å². The van der Waals surface area contributed by atoms with Gasteiger partial charge in [0.2, 0.25) is 5.91 Å². The van der Waals surface area contributed by atoms with Crippen molar-refractivity contribution in [2.45, 2.75) is 27.2 Å². The van der Waals surface area contributed by atoms with Gasteiger partial charge in [0.1, 0.15) is 17.3 Å². The number of hydrogen-bond donors (Lipinski definition) is 3. The van der Waals surface area contributed by atoms with Crippen LogP contribution in [0.4, 0.5) is 22.9 Å². The van der Waals surface area contributed by atoms with E-state index in [1.54, 1.807) is 37.3 Å². The number of anilines is 4. The molecule has 7 heteroatoms. The highest BCUT2D eigenvalue weighted by atomic mass is 16.2. The van der Waals surface area contributed by atoms with Crippen molar-refractivity contribution in [1.82, 2.24) is 9.97 Å². The number of carbonyl (C=O) groups excluding carboxylic acids is 2. The van der Waals surface area contributed by atoms with Gasteiger partial charge in [-0.2, -0.15) is 0 Å². The maximum absolute atomic E-state index is 12.7. The van der Waals surface area contributed by atoms with Gasteiger partial charge in [-0.25, -0.2) is 9.97 Å². The molecule has 3 rings (SSSR count). The minimum atomic E-state index is -0.359. The van der Waals surface area contributed by atoms with E-state index in [2.05, 4.69) is 32.8 Å². The van der Waals surface area contributed by atoms with Crippen molar-refractivity contribution in [1.29, 1.82) is 0 Å². The first-order chi connectivity index (χ1) is 13.9. The lowest BCUT2D eigenvalue weighted by Crippen LogP contribution is -2.16. The first kappa shape index (κ1) is 20.0. The van der Waals surface area contributed by atoms with Gasteiger partial charge in [0.25, 0.3) is 5.91 Å². The molecule has 1 heterocycles. The summed E-state index contributed by atoms with van der Waals surface area (Å²) in [5.41, 5.74) is 3.52. The van der Waals surface area contributed by atoms with Crippen LogP contribution < -0.4 is 16.0 Å². The molecule has 1 aromatic heterocycles. The first-order valence-electron chi connectivity index (χ1n) is 9.34. The number of nitrogens with one attached hydrogen (secondary N) is 3. The van der Waals surface area contributed by atoms with Crippen LogP contribution in [0.3, 0.4) is 0 Å². The molecule has 2 amide bonds. The number of aryl methyl sites for hydroxylation is 2. The van der Waals surface area contributed by atoms with E-state index >= 15 is 0 Å². The topological polar surface area (TPSA) is 96.0 Å². The Bertz CT molecular complexity index is 1050. The zero-order chi connectivity index (χ0) is 20.8. The van der Waals surface area contributed by atoms with Gasteiger partial charge in [-0.15, -0.1) is 0 Å². The summed E-state index contributed by atoms with van der Waals surface area (Å²) in [4.78, 5) is 32.6. The van der Waals surface area contributed by atoms with Gasteiger partial charge < -0.3 is 16.0 Å². The van der Waals surface area contributed by atoms with E-state index in [-0.39, 0.29) is 17.5 Å². The molecule has 0 aliphatic heterocycles. The Hall–Kier alpha value is -3.74. The zero-order valence-corrected chi connectivity index (χ0v) is 16.6. The van der Waals surface area contributed by atoms with Gasteiger partial charge in [0.15, 0.2) is 0 Å². The number of hydrogen-bond acceptors (Lipinski definition) is 5. The van der Waals surface area contributed by atoms with Crippen molar-refractivity contribution in [3.8, 4) is 0 Å². The molecule has 3 aromatic rings. The Morgan fingerprint density at radius 2 is 1.66 bits per heavy atom. The smallest absolute Gasteiger partial charge is 0.274 e. The second-order valence-corrected chi connectivity index (χ2v) is 6.54. The molecule has 0 bridgehead atoms. The SMILES string of the molecule is CCc1ccccc1Nc1cc(C(=O)Nc2cccc(NC(C)=O)c2)nc(C)n1. The van der Waals surface area contributed by atoms with Crippen molar-refractivity contribution in [3.05, 3.63) is 71.7 Å². The normalized spacial score (nSPS) is 10.3. The van der Waals surface area contributed by atoms with Crippen molar-refractivity contribution < 1.29 is 9.59 Å². The van der Waals surface area contributed by atoms with Gasteiger partial charge in [-0.05, 0) is 43.2 Å². The van der Waals surface area contributed by atoms with E-state index in [0.29, 0.717) is 23.0 Å². The number of aromatic nitrogens is 2. The Morgan fingerprint density at radius 3 is 2.38 bits per heavy atom. The van der Waals surface area contributed by atoms with Crippen LogP contribution in [0.15, 0.2) is 54.6 Å². The Kier molecular flexibility index (Phi) is 6.19. The third-order valence-corrected chi connectivity index (χ3v) is 4.17. The molecule has 0 unspecified atom stereocenters. The van der Waals surface area contributed by atoms with Crippen molar-refractivity contribution in [2.75, 3.05) is 16.0 Å². The predicted octanol–water partition coefficient (Wildman–Crippen LogP) is 4.30. The summed E-state index contributed by atoms with van der Waals surface area (Å²) in [6.45, 7) is 5.25. The Morgan fingerprint density at radius 1 is 0.931 bits per heavy atom. The van der Waals surface area contributed by atoms with E-state index in [9.17, 15) is 9.59 Å². The lowest BCUT2D eigenvalue weighted by molar-refractivity contribution is -0.114. The van der Waals surface area contributed by atoms with Crippen LogP contribution in [0.25, 0.3) is 0 Å². The number of carbonyl (C=O) groups is 2. The van der Waals surface area contributed by atoms with Crippen LogP contribution in [0.1, 0.15) is 35.7 Å². The molecule has 0 fully saturated rings. The van der Waals surface area contributed by atoms with Gasteiger partial charge in [-0.3, -0.25) is 9.59 Å². The third kappa shape index (κ3) is 5.38. The zero-order valence-electron chi connectivity index (χ0n) is 16.6. The van der Waals surface area contributed by atoms with Gasteiger partial charge in [0.05, 0.1) is 0 Å². The molecule has 0 saturated heterocycles. The lowest BCUT2D eigenvalue weighted by atomic mass is 10.1. The number of rotatable bonds is 6. The highest BCUT2D eigenvalue weighted by Crippen LogP contribution is 2.21. The average molecular weight is 389 g/mol. The molecule has 0 spiro atoms. The highest BCUT2D eigenvalue weighted by molar-refractivity contribution is 6.03. The van der Waals surface area contributed by atoms with Crippen LogP contribution in [0.5, 0.6) is 0 Å². The second kappa shape index (κ2) is 8.97. The van der Waals surface area contributed by atoms with E-state index in [1.807, 2.05) is 24.3 Å². The summed E-state index contributed by atoms with van der Waals surface area (Å²) in [5, 5.41) is 8.77. The fraction of sp³-hybridized carbons (Fsp3) is 0.182. The van der Waals surface area contributed by atoms with Crippen LogP contribution in [0, 0.1) is 6.92 Å². The van der Waals surface area contributed by atoms with Crippen LogP contribution >= 0.6 is 0 Å². The summed E-state index contributed by atoms with van der Waals surface area (Å²) in [6.07, 6.45) is 0.880. The quantitative estimate of drug-likeness (QED) is 0.584. The first-order valence-corrected chi connectivity index (χ1v) is 9.34. The van der Waals surface area contributed by atoms with Crippen molar-refractivity contribution in [3.63, 3.8) is 0 Å². The third-order valence-electron chi connectivity index (χ3n) is 4.17. The van der Waals surface area contributed by atoms with E-state index in [0.717, 1.165) is 17.7 Å². The van der Waals surface area contributed by atoms with Crippen molar-refractivity contribution >= 4 is 34.7 Å². The lowest BCUT2D eigenvalue weighted by Gasteiger charge is -2.12. The Balaban J connectivity index is 1.80. The molecule has 0 aliphatic rings. The Labute approximate surface area is 169 Å². The summed E-state index contributed by atoms with van der Waals surface area (Å²) >= 11 is 0. The molecular formula is C22H23N5O2. The summed E-state index contributed by atoms with van der Waals surface area (Å²) in [6, 6.07) is 16.5. The fourth-order valence-corrected chi connectivity index (χ4v) is 2.91. The molecular weight excluding hydrogens is 366 g/mol. The second-order valence-electron chi connectivity index (χ2n) is 6.54. The predicted molar refractivity (Wildman–Crippen MR) is 115 cm³/mol. The standard InChI is InChI=1S/C22H23N5O2/c1-4-16-8-5-6-11-19(16)27-21-13-20(23-14(2)24-21)22(29)26-18-10-7-9-17(12-18)25-15(3)28/h5-13H,4H2,1-3H3,(H,25,28)(H,26,29)(H,23,24,27). The van der Waals surface area contributed by atoms with Gasteiger partial charge in [0, 0.05) is 30.1 Å². The molecule has 0 atom stereocenters. The van der Waals surface area contributed by atoms with E-state index in [1.165, 1.54) is 6.92 Å². The van der Waals surface area contributed by atoms with Crippen LogP contribution in [0.2, 0.25) is 0 Å². The highest BCUT2D eigenvalue weighted by Gasteiger charge is 2.12. The van der Waals surface area contributed by atoms with Crippen molar-refractivity contribution in [2.24, 2.45) is 0 Å². The number of amides is 2. The summed E-state index contributed by atoms with van der Waals surface area (Å²) < 4.78 is 0.